The zero-order valence-corrected chi connectivity index (χ0v) is 56.4. The minimum atomic E-state index is -4.38. The van der Waals surface area contributed by atoms with Crippen molar-refractivity contribution in [2.45, 2.75) is 289 Å². The highest BCUT2D eigenvalue weighted by Crippen LogP contribution is 2.43. The molecule has 0 aliphatic rings. The molecule has 0 aromatic carbocycles. The third-order valence-corrected chi connectivity index (χ3v) is 15.8. The molecule has 0 spiro atoms. The minimum absolute atomic E-state index is 0.0465. The summed E-state index contributed by atoms with van der Waals surface area (Å²) in [6.45, 7) is 4.68. The zero-order valence-electron chi connectivity index (χ0n) is 55.5. The summed E-state index contributed by atoms with van der Waals surface area (Å²) < 4.78 is 23.8. The number of aliphatic hydroxyl groups is 1. The molecule has 0 aromatic heterocycles. The van der Waals surface area contributed by atoms with Gasteiger partial charge in [0.05, 0.1) is 39.9 Å². The van der Waals surface area contributed by atoms with Gasteiger partial charge in [0, 0.05) is 6.42 Å². The molecule has 0 heterocycles. The van der Waals surface area contributed by atoms with Crippen LogP contribution in [0.5, 0.6) is 0 Å². The van der Waals surface area contributed by atoms with E-state index in [2.05, 4.69) is 153 Å². The smallest absolute Gasteiger partial charge is 0.387 e. The number of phosphoric acid groups is 1. The largest absolute Gasteiger partial charge is 0.472 e. The van der Waals surface area contributed by atoms with Gasteiger partial charge in [-0.2, -0.15) is 0 Å². The van der Waals surface area contributed by atoms with Gasteiger partial charge in [-0.1, -0.05) is 301 Å². The first-order valence-corrected chi connectivity index (χ1v) is 36.2. The molecule has 486 valence electrons. The number of rotatable bonds is 62. The second kappa shape index (κ2) is 64.8. The Kier molecular flexibility index (Phi) is 62.1. The van der Waals surface area contributed by atoms with Gasteiger partial charge >= 0.3 is 7.82 Å². The van der Waals surface area contributed by atoms with Crippen molar-refractivity contribution in [2.24, 2.45) is 0 Å². The number of unbranched alkanes of at least 4 members (excludes halogenated alkanes) is 27. The predicted molar refractivity (Wildman–Crippen MR) is 373 cm³/mol. The summed E-state index contributed by atoms with van der Waals surface area (Å²) in [5, 5.41) is 14.0. The Morgan fingerprint density at radius 3 is 1.08 bits per heavy atom. The fraction of sp³-hybridized carbons (Fsp3) is 0.671. The fourth-order valence-electron chi connectivity index (χ4n) is 9.42. The van der Waals surface area contributed by atoms with Crippen LogP contribution in [0.4, 0.5) is 0 Å². The quantitative estimate of drug-likeness (QED) is 0.0243. The Hall–Kier alpha value is -3.62. The normalized spacial score (nSPS) is 14.6. The number of carbonyl (C=O) groups excluding carboxylic acids is 1. The summed E-state index contributed by atoms with van der Waals surface area (Å²) in [6.07, 6.45) is 99.9. The molecular weight excluding hydrogens is 1070 g/mol. The number of nitrogens with one attached hydrogen (secondary N) is 1. The number of amides is 1. The average Bonchev–Trinajstić information content (AvgIpc) is 3.49. The van der Waals surface area contributed by atoms with Gasteiger partial charge in [-0.15, -0.1) is 0 Å². The Balaban J connectivity index is 4.17. The van der Waals surface area contributed by atoms with E-state index in [9.17, 15) is 19.4 Å². The van der Waals surface area contributed by atoms with Crippen molar-refractivity contribution in [3.63, 3.8) is 0 Å². The van der Waals surface area contributed by atoms with Gasteiger partial charge in [0.2, 0.25) is 5.91 Å². The number of quaternary nitrogens is 1. The van der Waals surface area contributed by atoms with E-state index < -0.39 is 20.0 Å². The summed E-state index contributed by atoms with van der Waals surface area (Å²) in [4.78, 5) is 23.4. The van der Waals surface area contributed by atoms with Gasteiger partial charge in [-0.3, -0.25) is 13.8 Å². The van der Waals surface area contributed by atoms with E-state index in [1.54, 1.807) is 6.08 Å². The molecule has 0 saturated carbocycles. The van der Waals surface area contributed by atoms with Crippen molar-refractivity contribution in [2.75, 3.05) is 40.9 Å². The molecule has 0 aromatic rings. The predicted octanol–water partition coefficient (Wildman–Crippen LogP) is 22.4. The van der Waals surface area contributed by atoms with Crippen LogP contribution in [0.3, 0.4) is 0 Å². The van der Waals surface area contributed by atoms with Crippen molar-refractivity contribution in [3.05, 3.63) is 146 Å². The van der Waals surface area contributed by atoms with Gasteiger partial charge in [0.25, 0.3) is 0 Å². The Bertz CT molecular complexity index is 1900. The molecule has 0 aliphatic carbocycles. The first-order chi connectivity index (χ1) is 41.5. The van der Waals surface area contributed by atoms with Crippen LogP contribution in [-0.2, 0) is 18.4 Å². The highest BCUT2D eigenvalue weighted by atomic mass is 31.2. The van der Waals surface area contributed by atoms with Crippen LogP contribution in [0.1, 0.15) is 277 Å². The second-order valence-corrected chi connectivity index (χ2v) is 25.6. The monoisotopic (exact) mass is 1200 g/mol. The van der Waals surface area contributed by atoms with Crippen LogP contribution < -0.4 is 5.32 Å². The topological polar surface area (TPSA) is 105 Å². The standard InChI is InChI=1S/C76H131N2O6P/c1-6-8-10-12-14-16-18-20-22-24-26-28-30-32-33-34-35-36-37-38-39-40-41-42-43-44-45-46-48-50-52-54-56-58-60-62-64-66-68-70-76(80)77-74(73-84-85(81,82)83-72-71-78(3,4)5)75(79)69-67-65-63-61-59-57-55-53-51-49-47-31-29-27-25-23-21-19-17-15-13-11-9-7-2/h8,10,14,16,20,22,26,28,32-33,35-36,38-39,41-42,44-45,51,53,59,61,67,69,74-75,79H,6-7,9,11-13,15,17-19,21,23-25,27,29-31,34,37,40,43,46-50,52,54-58,60,62-66,68,70-73H2,1-5H3,(H-,77,80,81,82)/p+1/b10-8-,16-14-,22-20-,28-26-,33-32-,36-35-,39-38-,42-41-,45-44-,53-51+,61-59+,69-67+. The minimum Gasteiger partial charge on any atom is -0.387 e. The van der Waals surface area contributed by atoms with Crippen molar-refractivity contribution in [3.8, 4) is 0 Å². The lowest BCUT2D eigenvalue weighted by molar-refractivity contribution is -0.870. The summed E-state index contributed by atoms with van der Waals surface area (Å²) in [6, 6.07) is -0.883. The average molecular weight is 1200 g/mol. The van der Waals surface area contributed by atoms with E-state index in [1.165, 1.54) is 148 Å². The molecule has 0 saturated heterocycles. The number of allylic oxidation sites excluding steroid dienone is 23. The van der Waals surface area contributed by atoms with Gasteiger partial charge < -0.3 is 19.8 Å². The van der Waals surface area contributed by atoms with Crippen LogP contribution in [-0.4, -0.2) is 73.4 Å². The Morgan fingerprint density at radius 1 is 0.412 bits per heavy atom. The van der Waals surface area contributed by atoms with E-state index >= 15 is 0 Å². The van der Waals surface area contributed by atoms with Gasteiger partial charge in [0.1, 0.15) is 13.2 Å². The molecule has 3 N–H and O–H groups in total. The number of hydrogen-bond donors (Lipinski definition) is 3. The Labute approximate surface area is 525 Å². The molecule has 0 fully saturated rings. The summed E-state index contributed by atoms with van der Waals surface area (Å²) >= 11 is 0. The Morgan fingerprint density at radius 2 is 0.718 bits per heavy atom. The van der Waals surface area contributed by atoms with Crippen molar-refractivity contribution in [1.29, 1.82) is 0 Å². The molecule has 1 amide bonds. The van der Waals surface area contributed by atoms with Gasteiger partial charge in [0.15, 0.2) is 0 Å². The molecule has 3 atom stereocenters. The lowest BCUT2D eigenvalue weighted by atomic mass is 10.0. The van der Waals surface area contributed by atoms with Crippen molar-refractivity contribution in [1.82, 2.24) is 5.32 Å². The number of aliphatic hydroxyl groups excluding tert-OH is 1. The SMILES string of the molecule is CC/C=C\C/C=C\C/C=C\C/C=C\C/C=C\C/C=C\C/C=C\C/C=C\C/C=C\CCCCCCCCCCCCCC(=O)NC(COP(=O)(O)OCC[N+](C)(C)C)C(O)/C=C/CC/C=C/CC/C=C/CCCCCCCCCCCCCCCC. The molecular formula is C76H132N2O6P+. The van der Waals surface area contributed by atoms with Crippen LogP contribution >= 0.6 is 7.82 Å². The highest BCUT2D eigenvalue weighted by molar-refractivity contribution is 7.47. The summed E-state index contributed by atoms with van der Waals surface area (Å²) in [5.74, 6) is -0.198. The maximum absolute atomic E-state index is 13.0. The van der Waals surface area contributed by atoms with E-state index in [1.807, 2.05) is 27.2 Å². The summed E-state index contributed by atoms with van der Waals surface area (Å²) in [5.41, 5.74) is 0. The molecule has 9 heteroatoms. The number of likely N-dealkylation sites (N-methyl/N-ethyl adjacent to an activating group) is 1. The third kappa shape index (κ3) is 67.7. The van der Waals surface area contributed by atoms with E-state index in [-0.39, 0.29) is 19.1 Å². The van der Waals surface area contributed by atoms with E-state index in [0.29, 0.717) is 17.4 Å². The second-order valence-electron chi connectivity index (χ2n) is 24.2. The molecule has 85 heavy (non-hydrogen) atoms. The van der Waals surface area contributed by atoms with Crippen molar-refractivity contribution < 1.29 is 32.9 Å². The van der Waals surface area contributed by atoms with Gasteiger partial charge in [-0.25, -0.2) is 4.57 Å². The lowest BCUT2D eigenvalue weighted by Gasteiger charge is -2.25. The lowest BCUT2D eigenvalue weighted by Crippen LogP contribution is -2.45. The van der Waals surface area contributed by atoms with E-state index in [4.69, 9.17) is 9.05 Å². The molecule has 8 nitrogen and oxygen atoms in total. The summed E-state index contributed by atoms with van der Waals surface area (Å²) in [7, 11) is 1.53. The highest BCUT2D eigenvalue weighted by Gasteiger charge is 2.28. The molecule has 0 aliphatic heterocycles. The maximum atomic E-state index is 13.0. The van der Waals surface area contributed by atoms with Crippen LogP contribution in [0, 0.1) is 0 Å². The van der Waals surface area contributed by atoms with Crippen LogP contribution in [0.25, 0.3) is 0 Å². The molecule has 3 unspecified atom stereocenters. The first-order valence-electron chi connectivity index (χ1n) is 34.7. The molecule has 0 radical (unpaired) electrons. The number of hydrogen-bond acceptors (Lipinski definition) is 5. The number of phosphoric ester groups is 1. The number of carbonyl (C=O) groups is 1. The zero-order chi connectivity index (χ0) is 61.9. The third-order valence-electron chi connectivity index (χ3n) is 14.8. The molecule has 0 rings (SSSR count). The van der Waals surface area contributed by atoms with Crippen LogP contribution in [0.2, 0.25) is 0 Å². The molecule has 0 bridgehead atoms. The van der Waals surface area contributed by atoms with Crippen LogP contribution in [0.15, 0.2) is 146 Å². The maximum Gasteiger partial charge on any atom is 0.472 e. The first kappa shape index (κ1) is 81.4. The fourth-order valence-corrected chi connectivity index (χ4v) is 10.2. The number of nitrogens with zero attached hydrogens (tertiary/aromatic N) is 1. The van der Waals surface area contributed by atoms with Gasteiger partial charge in [-0.05, 0) is 116 Å². The van der Waals surface area contributed by atoms with E-state index in [0.717, 1.165) is 109 Å². The van der Waals surface area contributed by atoms with Crippen molar-refractivity contribution >= 4 is 13.7 Å².